The molecule has 1 saturated heterocycles. The summed E-state index contributed by atoms with van der Waals surface area (Å²) >= 11 is 1.19. The molecular weight excluding hydrogens is 367 g/mol. The van der Waals surface area contributed by atoms with E-state index in [4.69, 9.17) is 0 Å². The van der Waals surface area contributed by atoms with Crippen molar-refractivity contribution in [3.63, 3.8) is 0 Å². The number of nitrogens with zero attached hydrogens (tertiary/aromatic N) is 2. The summed E-state index contributed by atoms with van der Waals surface area (Å²) in [4.78, 5) is 25.9. The molecule has 1 aliphatic rings. The van der Waals surface area contributed by atoms with Crippen molar-refractivity contribution >= 4 is 23.4 Å². The van der Waals surface area contributed by atoms with Gasteiger partial charge in [-0.25, -0.2) is 4.39 Å². The largest absolute Gasteiger partial charge is 0.338 e. The number of nitro groups is 1. The second-order valence-electron chi connectivity index (χ2n) is 6.82. The molecular formula is C20H21FN2O3S. The molecule has 0 aromatic heterocycles. The Labute approximate surface area is 161 Å². The van der Waals surface area contributed by atoms with Crippen LogP contribution in [0.4, 0.5) is 10.1 Å². The molecule has 1 atom stereocenters. The molecule has 0 bridgehead atoms. The van der Waals surface area contributed by atoms with Gasteiger partial charge in [0.2, 0.25) is 0 Å². The Morgan fingerprint density at radius 1 is 1.33 bits per heavy atom. The van der Waals surface area contributed by atoms with Gasteiger partial charge in [0.25, 0.3) is 11.6 Å². The molecule has 5 nitrogen and oxygen atoms in total. The first-order valence-corrected chi connectivity index (χ1v) is 9.88. The lowest BCUT2D eigenvalue weighted by Gasteiger charge is -2.31. The zero-order valence-corrected chi connectivity index (χ0v) is 15.9. The fraction of sp³-hybridized carbons (Fsp3) is 0.350. The van der Waals surface area contributed by atoms with Gasteiger partial charge in [-0.3, -0.25) is 14.9 Å². The summed E-state index contributed by atoms with van der Waals surface area (Å²) in [5.74, 6) is 0.215. The van der Waals surface area contributed by atoms with Crippen LogP contribution in [-0.2, 0) is 5.75 Å². The number of carbonyl (C=O) groups is 1. The van der Waals surface area contributed by atoms with Gasteiger partial charge in [0, 0.05) is 30.5 Å². The Hall–Kier alpha value is -2.41. The smallest absolute Gasteiger partial charge is 0.283 e. The summed E-state index contributed by atoms with van der Waals surface area (Å²) in [6.45, 7) is 3.46. The third kappa shape index (κ3) is 4.66. The molecule has 2 aromatic carbocycles. The number of halogens is 1. The van der Waals surface area contributed by atoms with E-state index in [1.165, 1.54) is 23.9 Å². The number of hydrogen-bond acceptors (Lipinski definition) is 4. The fourth-order valence-electron chi connectivity index (χ4n) is 3.24. The van der Waals surface area contributed by atoms with Gasteiger partial charge in [0.15, 0.2) is 0 Å². The van der Waals surface area contributed by atoms with Crippen molar-refractivity contribution in [1.29, 1.82) is 0 Å². The quantitative estimate of drug-likeness (QED) is 0.415. The molecule has 1 aliphatic heterocycles. The van der Waals surface area contributed by atoms with Gasteiger partial charge in [0.05, 0.1) is 9.82 Å². The monoisotopic (exact) mass is 388 g/mol. The van der Waals surface area contributed by atoms with Gasteiger partial charge < -0.3 is 4.90 Å². The van der Waals surface area contributed by atoms with Crippen LogP contribution < -0.4 is 0 Å². The van der Waals surface area contributed by atoms with Gasteiger partial charge in [-0.15, -0.1) is 11.8 Å². The van der Waals surface area contributed by atoms with E-state index < -0.39 is 4.92 Å². The number of benzene rings is 2. The van der Waals surface area contributed by atoms with Crippen LogP contribution in [0.5, 0.6) is 0 Å². The third-order valence-electron chi connectivity index (χ3n) is 4.69. The predicted molar refractivity (Wildman–Crippen MR) is 103 cm³/mol. The molecule has 0 aliphatic carbocycles. The maximum absolute atomic E-state index is 13.8. The standard InChI is InChI=1S/C20H21FN2O3S/c1-14-5-4-10-22(12-14)20(24)15-8-9-19(18(11-15)23(25)26)27-13-16-6-2-3-7-17(16)21/h2-3,6-9,11,14H,4-5,10,12-13H2,1H3/t14-/m0/s1. The first-order chi connectivity index (χ1) is 13.0. The highest BCUT2D eigenvalue weighted by Crippen LogP contribution is 2.33. The van der Waals surface area contributed by atoms with Gasteiger partial charge >= 0.3 is 0 Å². The zero-order valence-electron chi connectivity index (χ0n) is 15.1. The summed E-state index contributed by atoms with van der Waals surface area (Å²) < 4.78 is 13.8. The first kappa shape index (κ1) is 19.4. The minimum absolute atomic E-state index is 0.118. The number of rotatable bonds is 5. The average Bonchev–Trinajstić information content (AvgIpc) is 2.66. The SMILES string of the molecule is C[C@H]1CCCN(C(=O)c2ccc(SCc3ccccc3F)c([N+](=O)[O-])c2)C1. The van der Waals surface area contributed by atoms with E-state index in [1.54, 1.807) is 35.2 Å². The van der Waals surface area contributed by atoms with Gasteiger partial charge in [-0.05, 0) is 42.5 Å². The van der Waals surface area contributed by atoms with Gasteiger partial charge in [-0.2, -0.15) is 0 Å². The number of carbonyl (C=O) groups excluding carboxylic acids is 1. The highest BCUT2D eigenvalue weighted by Gasteiger charge is 2.24. The van der Waals surface area contributed by atoms with E-state index in [2.05, 4.69) is 6.92 Å². The summed E-state index contributed by atoms with van der Waals surface area (Å²) in [7, 11) is 0. The van der Waals surface area contributed by atoms with E-state index >= 15 is 0 Å². The molecule has 0 saturated carbocycles. The highest BCUT2D eigenvalue weighted by atomic mass is 32.2. The second-order valence-corrected chi connectivity index (χ2v) is 7.84. The molecule has 142 valence electrons. The Morgan fingerprint density at radius 2 is 2.11 bits per heavy atom. The predicted octanol–water partition coefficient (Wildman–Crippen LogP) is 4.90. The van der Waals surface area contributed by atoms with Crippen LogP contribution in [0.25, 0.3) is 0 Å². The number of piperidine rings is 1. The lowest BCUT2D eigenvalue weighted by molar-refractivity contribution is -0.387. The van der Waals surface area contributed by atoms with E-state index in [-0.39, 0.29) is 23.2 Å². The van der Waals surface area contributed by atoms with Crippen LogP contribution in [0, 0.1) is 21.8 Å². The van der Waals surface area contributed by atoms with E-state index in [0.29, 0.717) is 35.0 Å². The van der Waals surface area contributed by atoms with Crippen LogP contribution >= 0.6 is 11.8 Å². The van der Waals surface area contributed by atoms with Crippen LogP contribution in [0.1, 0.15) is 35.7 Å². The zero-order chi connectivity index (χ0) is 19.4. The molecule has 0 unspecified atom stereocenters. The van der Waals surface area contributed by atoms with Crippen molar-refractivity contribution in [2.24, 2.45) is 5.92 Å². The Kier molecular flexibility index (Phi) is 6.11. The van der Waals surface area contributed by atoms with Gasteiger partial charge in [0.1, 0.15) is 5.82 Å². The van der Waals surface area contributed by atoms with Crippen LogP contribution in [-0.4, -0.2) is 28.8 Å². The average molecular weight is 388 g/mol. The molecule has 1 fully saturated rings. The summed E-state index contributed by atoms with van der Waals surface area (Å²) in [5, 5.41) is 11.5. The molecule has 2 aromatic rings. The maximum atomic E-state index is 13.8. The second kappa shape index (κ2) is 8.52. The van der Waals surface area contributed by atoms with Crippen molar-refractivity contribution in [2.75, 3.05) is 13.1 Å². The number of amides is 1. The van der Waals surface area contributed by atoms with Crippen molar-refractivity contribution in [3.05, 3.63) is 69.5 Å². The highest BCUT2D eigenvalue weighted by molar-refractivity contribution is 7.98. The van der Waals surface area contributed by atoms with Crippen LogP contribution in [0.15, 0.2) is 47.4 Å². The molecule has 3 rings (SSSR count). The van der Waals surface area contributed by atoms with Crippen molar-refractivity contribution in [2.45, 2.75) is 30.4 Å². The minimum Gasteiger partial charge on any atom is -0.338 e. The summed E-state index contributed by atoms with van der Waals surface area (Å²) in [5.41, 5.74) is 0.692. The van der Waals surface area contributed by atoms with E-state index in [1.807, 2.05) is 0 Å². The number of hydrogen-bond donors (Lipinski definition) is 0. The molecule has 0 N–H and O–H groups in total. The Morgan fingerprint density at radius 3 is 2.81 bits per heavy atom. The lowest BCUT2D eigenvalue weighted by Crippen LogP contribution is -2.39. The maximum Gasteiger partial charge on any atom is 0.283 e. The normalized spacial score (nSPS) is 17.0. The topological polar surface area (TPSA) is 63.5 Å². The van der Waals surface area contributed by atoms with E-state index in [0.717, 1.165) is 12.8 Å². The summed E-state index contributed by atoms with van der Waals surface area (Å²) in [6.07, 6.45) is 2.04. The Balaban J connectivity index is 1.79. The number of likely N-dealkylation sites (tertiary alicyclic amines) is 1. The molecule has 27 heavy (non-hydrogen) atoms. The molecule has 7 heteroatoms. The van der Waals surface area contributed by atoms with Crippen molar-refractivity contribution in [1.82, 2.24) is 4.90 Å². The van der Waals surface area contributed by atoms with Crippen LogP contribution in [0.2, 0.25) is 0 Å². The molecule has 0 spiro atoms. The summed E-state index contributed by atoms with van der Waals surface area (Å²) in [6, 6.07) is 10.9. The van der Waals surface area contributed by atoms with Crippen molar-refractivity contribution in [3.8, 4) is 0 Å². The van der Waals surface area contributed by atoms with Gasteiger partial charge in [-0.1, -0.05) is 25.1 Å². The molecule has 0 radical (unpaired) electrons. The number of thioether (sulfide) groups is 1. The van der Waals surface area contributed by atoms with E-state index in [9.17, 15) is 19.3 Å². The lowest BCUT2D eigenvalue weighted by atomic mass is 9.99. The Bertz CT molecular complexity index is 859. The first-order valence-electron chi connectivity index (χ1n) is 8.89. The van der Waals surface area contributed by atoms with Crippen molar-refractivity contribution < 1.29 is 14.1 Å². The molecule has 1 amide bonds. The third-order valence-corrected chi connectivity index (χ3v) is 5.80. The van der Waals surface area contributed by atoms with Crippen LogP contribution in [0.3, 0.4) is 0 Å². The minimum atomic E-state index is -0.487. The molecule has 1 heterocycles. The fourth-order valence-corrected chi connectivity index (χ4v) is 4.23. The number of nitro benzene ring substituents is 1.